The Morgan fingerprint density at radius 1 is 0.903 bits per heavy atom. The number of para-hydroxylation sites is 2. The van der Waals surface area contributed by atoms with Crippen LogP contribution < -0.4 is 9.96 Å². The molecule has 3 aromatic rings. The predicted molar refractivity (Wildman–Crippen MR) is 117 cm³/mol. The van der Waals surface area contributed by atoms with Gasteiger partial charge in [-0.25, -0.2) is 9.96 Å². The van der Waals surface area contributed by atoms with E-state index in [0.29, 0.717) is 27.5 Å². The fourth-order valence-electron chi connectivity index (χ4n) is 4.34. The molecule has 6 nitrogen and oxygen atoms in total. The molecule has 0 bridgehead atoms. The first-order valence-electron chi connectivity index (χ1n) is 9.91. The molecule has 156 valence electrons. The number of hydroxylamine groups is 1. The van der Waals surface area contributed by atoms with E-state index in [4.69, 9.17) is 16.4 Å². The number of imide groups is 1. The van der Waals surface area contributed by atoms with Crippen LogP contribution in [0.1, 0.15) is 17.2 Å². The smallest absolute Gasteiger partial charge is 0.266 e. The first kappa shape index (κ1) is 19.6. The van der Waals surface area contributed by atoms with Crippen molar-refractivity contribution >= 4 is 34.8 Å². The molecule has 0 radical (unpaired) electrons. The highest BCUT2D eigenvalue weighted by Crippen LogP contribution is 2.49. The average Bonchev–Trinajstić information content (AvgIpc) is 3.28. The summed E-state index contributed by atoms with van der Waals surface area (Å²) in [7, 11) is 0. The highest BCUT2D eigenvalue weighted by Gasteiger charge is 2.60. The van der Waals surface area contributed by atoms with Gasteiger partial charge in [-0.05, 0) is 42.8 Å². The minimum atomic E-state index is -1.00. The van der Waals surface area contributed by atoms with Crippen molar-refractivity contribution in [2.24, 2.45) is 5.92 Å². The second kappa shape index (κ2) is 7.41. The Morgan fingerprint density at radius 2 is 1.61 bits per heavy atom. The minimum Gasteiger partial charge on any atom is -0.508 e. The number of nitrogens with zero attached hydrogens (tertiary/aromatic N) is 2. The number of halogens is 1. The van der Waals surface area contributed by atoms with Gasteiger partial charge in [-0.3, -0.25) is 14.4 Å². The lowest BCUT2D eigenvalue weighted by atomic mass is 9.90. The second-order valence-electron chi connectivity index (χ2n) is 7.61. The second-order valence-corrected chi connectivity index (χ2v) is 8.02. The van der Waals surface area contributed by atoms with E-state index in [-0.39, 0.29) is 11.7 Å². The maximum atomic E-state index is 13.6. The van der Waals surface area contributed by atoms with Crippen LogP contribution >= 0.6 is 11.6 Å². The molecule has 3 aromatic carbocycles. The van der Waals surface area contributed by atoms with Gasteiger partial charge in [0.2, 0.25) is 5.91 Å². The van der Waals surface area contributed by atoms with Crippen LogP contribution in [0.5, 0.6) is 5.75 Å². The lowest BCUT2D eigenvalue weighted by molar-refractivity contribution is -0.126. The summed E-state index contributed by atoms with van der Waals surface area (Å²) in [5.74, 6) is -1.61. The maximum absolute atomic E-state index is 13.6. The molecule has 7 heteroatoms. The Hall–Kier alpha value is -3.35. The number of benzene rings is 3. The molecule has 0 saturated carbocycles. The van der Waals surface area contributed by atoms with E-state index in [1.165, 1.54) is 0 Å². The standard InChI is InChI=1S/C24H19ClN2O4/c1-14-17(25)11-7-12-18(14)26-23(29)20-21(16-10-5-6-13-19(16)28)27(31-22(20)24(26)30)15-8-3-2-4-9-15/h2-13,20-22,28H,1H3/t20-,21+,22-/m0/s1. The van der Waals surface area contributed by atoms with E-state index in [1.54, 1.807) is 54.5 Å². The number of amides is 2. The van der Waals surface area contributed by atoms with Gasteiger partial charge >= 0.3 is 0 Å². The van der Waals surface area contributed by atoms with Gasteiger partial charge in [0.1, 0.15) is 11.7 Å². The molecule has 5 rings (SSSR count). The number of hydrogen-bond acceptors (Lipinski definition) is 5. The maximum Gasteiger partial charge on any atom is 0.266 e. The molecule has 3 atom stereocenters. The van der Waals surface area contributed by atoms with Crippen molar-refractivity contribution in [3.05, 3.63) is 88.9 Å². The molecule has 0 unspecified atom stereocenters. The van der Waals surface area contributed by atoms with Crippen LogP contribution in [-0.2, 0) is 14.4 Å². The molecular weight excluding hydrogens is 416 g/mol. The molecule has 0 aliphatic carbocycles. The summed E-state index contributed by atoms with van der Waals surface area (Å²) in [4.78, 5) is 34.2. The van der Waals surface area contributed by atoms with Crippen molar-refractivity contribution in [2.75, 3.05) is 9.96 Å². The molecule has 2 aliphatic heterocycles. The van der Waals surface area contributed by atoms with Crippen molar-refractivity contribution < 1.29 is 19.5 Å². The quantitative estimate of drug-likeness (QED) is 0.618. The minimum absolute atomic E-state index is 0.0373. The molecule has 2 fully saturated rings. The van der Waals surface area contributed by atoms with Gasteiger partial charge in [0.25, 0.3) is 5.91 Å². The summed E-state index contributed by atoms with van der Waals surface area (Å²) < 4.78 is 0. The number of anilines is 2. The molecule has 2 saturated heterocycles. The summed E-state index contributed by atoms with van der Waals surface area (Å²) in [6.45, 7) is 1.77. The Bertz CT molecular complexity index is 1180. The fraction of sp³-hybridized carbons (Fsp3) is 0.167. The number of carbonyl (C=O) groups excluding carboxylic acids is 2. The monoisotopic (exact) mass is 434 g/mol. The van der Waals surface area contributed by atoms with E-state index in [1.807, 2.05) is 30.3 Å². The van der Waals surface area contributed by atoms with Crippen LogP contribution in [0, 0.1) is 12.8 Å². The Balaban J connectivity index is 1.63. The third-order valence-electron chi connectivity index (χ3n) is 5.86. The number of carbonyl (C=O) groups is 2. The highest BCUT2D eigenvalue weighted by atomic mass is 35.5. The van der Waals surface area contributed by atoms with Gasteiger partial charge in [-0.15, -0.1) is 0 Å². The molecule has 2 aliphatic rings. The van der Waals surface area contributed by atoms with E-state index in [0.717, 1.165) is 4.90 Å². The molecule has 2 heterocycles. The van der Waals surface area contributed by atoms with Gasteiger partial charge in [-0.1, -0.05) is 54.1 Å². The third kappa shape index (κ3) is 2.99. The van der Waals surface area contributed by atoms with E-state index in [2.05, 4.69) is 0 Å². The van der Waals surface area contributed by atoms with Crippen molar-refractivity contribution in [3.8, 4) is 5.75 Å². The average molecular weight is 435 g/mol. The molecular formula is C24H19ClN2O4. The molecule has 1 N–H and O–H groups in total. The van der Waals surface area contributed by atoms with Crippen LogP contribution in [0.4, 0.5) is 11.4 Å². The summed E-state index contributed by atoms with van der Waals surface area (Å²) in [5.41, 5.74) is 2.30. The normalized spacial score (nSPS) is 22.8. The summed E-state index contributed by atoms with van der Waals surface area (Å²) in [5, 5.41) is 12.6. The zero-order chi connectivity index (χ0) is 21.7. The van der Waals surface area contributed by atoms with E-state index in [9.17, 15) is 14.7 Å². The van der Waals surface area contributed by atoms with Crippen LogP contribution in [0.25, 0.3) is 0 Å². The van der Waals surface area contributed by atoms with Crippen LogP contribution in [-0.4, -0.2) is 23.0 Å². The predicted octanol–water partition coefficient (Wildman–Crippen LogP) is 4.41. The van der Waals surface area contributed by atoms with Gasteiger partial charge in [0.05, 0.1) is 17.4 Å². The van der Waals surface area contributed by atoms with Crippen LogP contribution in [0.15, 0.2) is 72.8 Å². The third-order valence-corrected chi connectivity index (χ3v) is 6.27. The molecule has 0 aromatic heterocycles. The van der Waals surface area contributed by atoms with Crippen molar-refractivity contribution in [2.45, 2.75) is 19.1 Å². The zero-order valence-electron chi connectivity index (χ0n) is 16.6. The van der Waals surface area contributed by atoms with E-state index >= 15 is 0 Å². The Morgan fingerprint density at radius 3 is 2.35 bits per heavy atom. The highest BCUT2D eigenvalue weighted by molar-refractivity contribution is 6.32. The largest absolute Gasteiger partial charge is 0.508 e. The zero-order valence-corrected chi connectivity index (χ0v) is 17.4. The fourth-order valence-corrected chi connectivity index (χ4v) is 4.51. The summed E-state index contributed by atoms with van der Waals surface area (Å²) in [6, 6.07) is 20.5. The number of rotatable bonds is 3. The number of phenols is 1. The van der Waals surface area contributed by atoms with Crippen LogP contribution in [0.3, 0.4) is 0 Å². The summed E-state index contributed by atoms with van der Waals surface area (Å²) >= 11 is 6.24. The topological polar surface area (TPSA) is 70.1 Å². The van der Waals surface area contributed by atoms with Crippen molar-refractivity contribution in [1.29, 1.82) is 0 Å². The summed E-state index contributed by atoms with van der Waals surface area (Å²) in [6.07, 6.45) is -1.00. The van der Waals surface area contributed by atoms with Gasteiger partial charge < -0.3 is 5.11 Å². The van der Waals surface area contributed by atoms with Gasteiger partial charge in [0, 0.05) is 10.6 Å². The number of phenolic OH excluding ortho intramolecular Hbond substituents is 1. The SMILES string of the molecule is Cc1c(Cl)cccc1N1C(=O)[C@@H]2[C@H](ON(c3ccccc3)[C@@H]2c2ccccc2O)C1=O. The molecule has 0 spiro atoms. The van der Waals surface area contributed by atoms with Crippen molar-refractivity contribution in [1.82, 2.24) is 0 Å². The lowest BCUT2D eigenvalue weighted by Crippen LogP contribution is -2.37. The number of fused-ring (bicyclic) bond motifs is 1. The van der Waals surface area contributed by atoms with Gasteiger partial charge in [-0.2, -0.15) is 0 Å². The molecule has 2 amide bonds. The first-order chi connectivity index (χ1) is 15.0. The van der Waals surface area contributed by atoms with Crippen LogP contribution in [0.2, 0.25) is 5.02 Å². The number of hydrogen-bond donors (Lipinski definition) is 1. The Labute approximate surface area is 184 Å². The lowest BCUT2D eigenvalue weighted by Gasteiger charge is -2.29. The van der Waals surface area contributed by atoms with Gasteiger partial charge in [0.15, 0.2) is 6.10 Å². The first-order valence-corrected chi connectivity index (χ1v) is 10.3. The molecule has 31 heavy (non-hydrogen) atoms. The number of aromatic hydroxyl groups is 1. The van der Waals surface area contributed by atoms with E-state index < -0.39 is 24.0 Å². The Kier molecular flexibility index (Phi) is 4.68. The van der Waals surface area contributed by atoms with Crippen molar-refractivity contribution in [3.63, 3.8) is 0 Å².